The fraction of sp³-hybridized carbons (Fsp3) is 0.889. The molecule has 1 unspecified atom stereocenters. The second kappa shape index (κ2) is 7.83. The number of piperidine rings is 1. The van der Waals surface area contributed by atoms with Crippen LogP contribution in [0.2, 0.25) is 0 Å². The predicted octanol–water partition coefficient (Wildman–Crippen LogP) is 2.85. The minimum Gasteiger partial charge on any atom is -0.462 e. The van der Waals surface area contributed by atoms with Crippen LogP contribution in [0.5, 0.6) is 0 Å². The number of carbonyl (C=O) groups is 1. The van der Waals surface area contributed by atoms with E-state index in [0.29, 0.717) is 12.6 Å². The molecular weight excluding hydrogens is 296 g/mol. The van der Waals surface area contributed by atoms with Gasteiger partial charge >= 0.3 is 5.97 Å². The fourth-order valence-electron chi connectivity index (χ4n) is 1.55. The summed E-state index contributed by atoms with van der Waals surface area (Å²) in [5.74, 6) is -0.802. The number of nitrogens with one attached hydrogen (secondary N) is 1. The third kappa shape index (κ3) is 6.36. The number of halogens is 4. The minimum absolute atomic E-state index is 0. The van der Waals surface area contributed by atoms with Gasteiger partial charge in [0.25, 0.3) is 3.79 Å². The van der Waals surface area contributed by atoms with Crippen LogP contribution in [0.3, 0.4) is 0 Å². The summed E-state index contributed by atoms with van der Waals surface area (Å²) in [4.78, 5) is 11.1. The average Bonchev–Trinajstić information content (AvgIpc) is 2.18. The van der Waals surface area contributed by atoms with Crippen molar-refractivity contribution in [3.8, 4) is 0 Å². The molecule has 96 valence electrons. The van der Waals surface area contributed by atoms with Crippen LogP contribution in [0, 0.1) is 0 Å². The Balaban J connectivity index is 0.00000225. The Hall–Kier alpha value is 0.590. The van der Waals surface area contributed by atoms with E-state index in [1.54, 1.807) is 0 Å². The molecule has 3 nitrogen and oxygen atoms in total. The van der Waals surface area contributed by atoms with Gasteiger partial charge in [0, 0.05) is 6.04 Å². The van der Waals surface area contributed by atoms with Gasteiger partial charge in [-0.15, -0.1) is 12.4 Å². The Morgan fingerprint density at radius 1 is 1.38 bits per heavy atom. The Morgan fingerprint density at radius 3 is 2.56 bits per heavy atom. The van der Waals surface area contributed by atoms with Crippen molar-refractivity contribution < 1.29 is 9.53 Å². The van der Waals surface area contributed by atoms with E-state index in [2.05, 4.69) is 5.32 Å². The normalized spacial score (nSPS) is 21.1. The van der Waals surface area contributed by atoms with Crippen LogP contribution in [-0.2, 0) is 9.53 Å². The van der Waals surface area contributed by atoms with Gasteiger partial charge in [0.2, 0.25) is 0 Å². The largest absolute Gasteiger partial charge is 0.462 e. The lowest BCUT2D eigenvalue weighted by Gasteiger charge is -2.23. The molecule has 0 aromatic carbocycles. The van der Waals surface area contributed by atoms with Gasteiger partial charge in [-0.05, 0) is 25.8 Å². The molecule has 0 aliphatic carbocycles. The molecule has 16 heavy (non-hydrogen) atoms. The summed E-state index contributed by atoms with van der Waals surface area (Å²) in [5.41, 5.74) is 0. The topological polar surface area (TPSA) is 38.3 Å². The lowest BCUT2D eigenvalue weighted by Crippen LogP contribution is -2.35. The van der Waals surface area contributed by atoms with Crippen LogP contribution in [0.15, 0.2) is 0 Å². The molecule has 0 amide bonds. The van der Waals surface area contributed by atoms with Crippen molar-refractivity contribution in [3.05, 3.63) is 0 Å². The van der Waals surface area contributed by atoms with Crippen molar-refractivity contribution in [3.63, 3.8) is 0 Å². The van der Waals surface area contributed by atoms with E-state index >= 15 is 0 Å². The molecule has 0 spiro atoms. The van der Waals surface area contributed by atoms with Crippen LogP contribution in [0.25, 0.3) is 0 Å². The van der Waals surface area contributed by atoms with Crippen molar-refractivity contribution in [1.29, 1.82) is 0 Å². The Kier molecular flexibility index (Phi) is 8.12. The molecule has 7 heteroatoms. The summed E-state index contributed by atoms with van der Waals surface area (Å²) >= 11 is 16.0. The molecule has 1 N–H and O–H groups in total. The molecule has 1 aliphatic heterocycles. The second-order valence-corrected chi connectivity index (χ2v) is 5.85. The summed E-state index contributed by atoms with van der Waals surface area (Å²) in [5, 5.41) is 3.34. The number of esters is 1. The van der Waals surface area contributed by atoms with Crippen LogP contribution < -0.4 is 5.32 Å². The summed E-state index contributed by atoms with van der Waals surface area (Å²) in [6.45, 7) is 1.33. The summed E-state index contributed by atoms with van der Waals surface area (Å²) in [7, 11) is 0. The third-order valence-electron chi connectivity index (χ3n) is 2.34. The van der Waals surface area contributed by atoms with Gasteiger partial charge in [-0.3, -0.25) is 0 Å². The number of hydrogen-bond donors (Lipinski definition) is 1. The smallest absolute Gasteiger partial charge is 0.358 e. The number of carbonyl (C=O) groups excluding carboxylic acids is 1. The van der Waals surface area contributed by atoms with E-state index in [1.807, 2.05) is 0 Å². The molecule has 0 aromatic rings. The Morgan fingerprint density at radius 2 is 2.06 bits per heavy atom. The molecular formula is C9H15Cl4NO2. The standard InChI is InChI=1S/C9H14Cl3NO2.ClH/c10-9(11,12)8(14)15-6-4-7-3-1-2-5-13-7;/h7,13H,1-6H2;1H. The SMILES string of the molecule is Cl.O=C(OCCC1CCCCN1)C(Cl)(Cl)Cl. The quantitative estimate of drug-likeness (QED) is 0.643. The summed E-state index contributed by atoms with van der Waals surface area (Å²) < 4.78 is 2.88. The van der Waals surface area contributed by atoms with Crippen molar-refractivity contribution in [2.45, 2.75) is 35.5 Å². The maximum absolute atomic E-state index is 11.1. The highest BCUT2D eigenvalue weighted by Crippen LogP contribution is 2.27. The van der Waals surface area contributed by atoms with Gasteiger partial charge in [-0.2, -0.15) is 0 Å². The predicted molar refractivity (Wildman–Crippen MR) is 68.8 cm³/mol. The summed E-state index contributed by atoms with van der Waals surface area (Å²) in [6.07, 6.45) is 4.32. The van der Waals surface area contributed by atoms with Gasteiger partial charge in [0.1, 0.15) is 0 Å². The van der Waals surface area contributed by atoms with E-state index in [9.17, 15) is 4.79 Å². The van der Waals surface area contributed by atoms with Crippen molar-refractivity contribution in [2.24, 2.45) is 0 Å². The minimum atomic E-state index is -1.96. The first kappa shape index (κ1) is 16.6. The highest BCUT2D eigenvalue weighted by molar-refractivity contribution is 6.75. The maximum Gasteiger partial charge on any atom is 0.358 e. The van der Waals surface area contributed by atoms with Crippen LogP contribution >= 0.6 is 47.2 Å². The van der Waals surface area contributed by atoms with Crippen molar-refractivity contribution in [1.82, 2.24) is 5.32 Å². The van der Waals surface area contributed by atoms with Crippen LogP contribution in [0.4, 0.5) is 0 Å². The number of rotatable bonds is 3. The zero-order valence-corrected chi connectivity index (χ0v) is 11.8. The monoisotopic (exact) mass is 309 g/mol. The lowest BCUT2D eigenvalue weighted by molar-refractivity contribution is -0.142. The van der Waals surface area contributed by atoms with Gasteiger partial charge in [0.15, 0.2) is 0 Å². The van der Waals surface area contributed by atoms with Crippen molar-refractivity contribution >= 4 is 53.2 Å². The van der Waals surface area contributed by atoms with Gasteiger partial charge in [-0.1, -0.05) is 41.2 Å². The molecule has 1 heterocycles. The number of alkyl halides is 3. The highest BCUT2D eigenvalue weighted by atomic mass is 35.6. The Bertz CT molecular complexity index is 214. The van der Waals surface area contributed by atoms with E-state index in [-0.39, 0.29) is 12.4 Å². The van der Waals surface area contributed by atoms with E-state index in [1.165, 1.54) is 12.8 Å². The zero-order valence-electron chi connectivity index (χ0n) is 8.68. The first-order chi connectivity index (χ1) is 7.00. The van der Waals surface area contributed by atoms with Gasteiger partial charge in [0.05, 0.1) is 6.61 Å². The third-order valence-corrected chi connectivity index (χ3v) is 2.81. The van der Waals surface area contributed by atoms with E-state index in [0.717, 1.165) is 19.4 Å². The second-order valence-electron chi connectivity index (χ2n) is 3.57. The van der Waals surface area contributed by atoms with Gasteiger partial charge in [-0.25, -0.2) is 4.79 Å². The Labute approximate surface area is 117 Å². The highest BCUT2D eigenvalue weighted by Gasteiger charge is 2.32. The van der Waals surface area contributed by atoms with Crippen LogP contribution in [-0.4, -0.2) is 29.0 Å². The molecule has 1 rings (SSSR count). The van der Waals surface area contributed by atoms with Gasteiger partial charge < -0.3 is 10.1 Å². The molecule has 0 saturated carbocycles. The zero-order chi connectivity index (χ0) is 11.3. The molecule has 1 atom stereocenters. The van der Waals surface area contributed by atoms with Crippen molar-refractivity contribution in [2.75, 3.05) is 13.2 Å². The number of ether oxygens (including phenoxy) is 1. The summed E-state index contributed by atoms with van der Waals surface area (Å²) in [6, 6.07) is 0.418. The molecule has 1 aliphatic rings. The molecule has 0 aromatic heterocycles. The van der Waals surface area contributed by atoms with Crippen LogP contribution in [0.1, 0.15) is 25.7 Å². The molecule has 0 bridgehead atoms. The van der Waals surface area contributed by atoms with E-state index < -0.39 is 9.76 Å². The average molecular weight is 311 g/mol. The number of hydrogen-bond acceptors (Lipinski definition) is 3. The lowest BCUT2D eigenvalue weighted by atomic mass is 10.0. The molecule has 1 saturated heterocycles. The first-order valence-corrected chi connectivity index (χ1v) is 6.11. The molecule has 1 fully saturated rings. The first-order valence-electron chi connectivity index (χ1n) is 4.97. The fourth-order valence-corrected chi connectivity index (χ4v) is 1.71. The maximum atomic E-state index is 11.1. The van der Waals surface area contributed by atoms with E-state index in [4.69, 9.17) is 39.5 Å². The molecule has 0 radical (unpaired) electrons.